The second kappa shape index (κ2) is 10.9. The van der Waals surface area contributed by atoms with E-state index in [1.807, 2.05) is 43.5 Å². The quantitative estimate of drug-likeness (QED) is 0.273. The Kier molecular flexibility index (Phi) is 7.50. The number of nitrogens with zero attached hydrogens (tertiary/aromatic N) is 3. The van der Waals surface area contributed by atoms with E-state index >= 15 is 0 Å². The van der Waals surface area contributed by atoms with Crippen molar-refractivity contribution < 1.29 is 18.7 Å². The summed E-state index contributed by atoms with van der Waals surface area (Å²) in [4.78, 5) is 15.3. The number of carbonyl (C=O) groups is 1. The molecule has 0 bridgehead atoms. The van der Waals surface area contributed by atoms with Crippen molar-refractivity contribution in [1.82, 2.24) is 14.7 Å². The molecule has 1 atom stereocenters. The number of hydrogen-bond acceptors (Lipinski definition) is 6. The lowest BCUT2D eigenvalue weighted by molar-refractivity contribution is -0.123. The van der Waals surface area contributed by atoms with Crippen LogP contribution in [0.3, 0.4) is 0 Å². The van der Waals surface area contributed by atoms with Gasteiger partial charge in [0, 0.05) is 23.9 Å². The van der Waals surface area contributed by atoms with E-state index < -0.39 is 5.82 Å². The van der Waals surface area contributed by atoms with Crippen molar-refractivity contribution in [3.63, 3.8) is 0 Å². The molecule has 0 aliphatic carbocycles. The molecule has 1 aromatic heterocycles. The second-order valence-corrected chi connectivity index (χ2v) is 10.3. The molecule has 3 aromatic rings. The van der Waals surface area contributed by atoms with E-state index in [4.69, 9.17) is 26.8 Å². The van der Waals surface area contributed by atoms with Crippen molar-refractivity contribution >= 4 is 40.3 Å². The first-order valence-electron chi connectivity index (χ1n) is 12.0. The maximum absolute atomic E-state index is 14.8. The molecule has 36 heavy (non-hydrogen) atoms. The lowest BCUT2D eigenvalue weighted by atomic mass is 10.1. The number of benzene rings is 2. The molecule has 6 nitrogen and oxygen atoms in total. The lowest BCUT2D eigenvalue weighted by Crippen LogP contribution is -2.35. The highest BCUT2D eigenvalue weighted by molar-refractivity contribution is 8.26. The summed E-state index contributed by atoms with van der Waals surface area (Å²) in [6, 6.07) is 14.5. The van der Waals surface area contributed by atoms with Gasteiger partial charge in [-0.2, -0.15) is 5.10 Å². The SMILES string of the molecule is CCCOc1ccc(-c2nn(-c3ccccc3)cc2/C=C2\SC(=S)N(CC3CCCO3)C2=O)cc1F. The zero-order valence-electron chi connectivity index (χ0n) is 19.9. The minimum atomic E-state index is -0.455. The van der Waals surface area contributed by atoms with Crippen molar-refractivity contribution in [1.29, 1.82) is 0 Å². The van der Waals surface area contributed by atoms with Gasteiger partial charge in [0.15, 0.2) is 11.6 Å². The van der Waals surface area contributed by atoms with Gasteiger partial charge in [0.1, 0.15) is 10.0 Å². The number of ether oxygens (including phenoxy) is 2. The molecular weight excluding hydrogens is 497 g/mol. The van der Waals surface area contributed by atoms with Gasteiger partial charge in [-0.1, -0.05) is 49.1 Å². The fraction of sp³-hybridized carbons (Fsp3) is 0.296. The van der Waals surface area contributed by atoms with Crippen molar-refractivity contribution in [2.24, 2.45) is 0 Å². The highest BCUT2D eigenvalue weighted by atomic mass is 32.2. The number of carbonyl (C=O) groups excluding carboxylic acids is 1. The normalized spacial score (nSPS) is 19.0. The Hall–Kier alpha value is -3.01. The molecule has 0 radical (unpaired) electrons. The van der Waals surface area contributed by atoms with Crippen LogP contribution in [-0.4, -0.2) is 50.8 Å². The minimum Gasteiger partial charge on any atom is -0.491 e. The number of para-hydroxylation sites is 1. The Balaban J connectivity index is 1.50. The minimum absolute atomic E-state index is 0.0136. The van der Waals surface area contributed by atoms with E-state index in [0.29, 0.717) is 39.2 Å². The molecule has 0 N–H and O–H groups in total. The van der Waals surface area contributed by atoms with E-state index in [1.165, 1.54) is 17.8 Å². The maximum atomic E-state index is 14.8. The van der Waals surface area contributed by atoms with Crippen LogP contribution in [0.5, 0.6) is 5.75 Å². The van der Waals surface area contributed by atoms with Crippen LogP contribution in [0.25, 0.3) is 23.0 Å². The molecule has 1 unspecified atom stereocenters. The zero-order chi connectivity index (χ0) is 25.1. The van der Waals surface area contributed by atoms with Crippen molar-refractivity contribution in [3.8, 4) is 22.7 Å². The monoisotopic (exact) mass is 523 g/mol. The molecule has 1 amide bonds. The van der Waals surface area contributed by atoms with E-state index in [2.05, 4.69) is 0 Å². The molecule has 2 aliphatic rings. The number of hydrogen-bond donors (Lipinski definition) is 0. The van der Waals surface area contributed by atoms with Gasteiger partial charge >= 0.3 is 0 Å². The molecule has 3 heterocycles. The van der Waals surface area contributed by atoms with Gasteiger partial charge in [0.2, 0.25) is 0 Å². The Labute approximate surface area is 219 Å². The third kappa shape index (κ3) is 5.23. The summed E-state index contributed by atoms with van der Waals surface area (Å²) >= 11 is 6.77. The maximum Gasteiger partial charge on any atom is 0.266 e. The van der Waals surface area contributed by atoms with E-state index in [9.17, 15) is 9.18 Å². The standard InChI is InChI=1S/C27H26FN3O3S2/c1-2-12-34-23-11-10-18(14-22(23)28)25-19(16-31(29-25)20-7-4-3-5-8-20)15-24-26(32)30(27(35)36-24)17-21-9-6-13-33-21/h3-5,7-8,10-11,14-16,21H,2,6,9,12-13,17H2,1H3/b24-15-. The average Bonchev–Trinajstić information content (AvgIpc) is 3.61. The third-order valence-electron chi connectivity index (χ3n) is 6.00. The van der Waals surface area contributed by atoms with E-state index in [-0.39, 0.29) is 17.8 Å². The van der Waals surface area contributed by atoms with Gasteiger partial charge in [0.05, 0.1) is 29.8 Å². The smallest absolute Gasteiger partial charge is 0.266 e. The average molecular weight is 524 g/mol. The van der Waals surface area contributed by atoms with Crippen LogP contribution in [0.2, 0.25) is 0 Å². The first-order chi connectivity index (χ1) is 17.5. The summed E-state index contributed by atoms with van der Waals surface area (Å²) in [6.07, 6.45) is 6.36. The summed E-state index contributed by atoms with van der Waals surface area (Å²) in [6.45, 7) is 3.59. The fourth-order valence-electron chi connectivity index (χ4n) is 4.20. The van der Waals surface area contributed by atoms with Crippen LogP contribution in [0.1, 0.15) is 31.7 Å². The van der Waals surface area contributed by atoms with Crippen LogP contribution in [0, 0.1) is 5.82 Å². The number of halogens is 1. The number of rotatable bonds is 8. The van der Waals surface area contributed by atoms with Gasteiger partial charge in [-0.25, -0.2) is 9.07 Å². The predicted octanol–water partition coefficient (Wildman–Crippen LogP) is 5.85. The third-order valence-corrected chi connectivity index (χ3v) is 7.38. The summed E-state index contributed by atoms with van der Waals surface area (Å²) in [5.41, 5.74) is 2.70. The van der Waals surface area contributed by atoms with Gasteiger partial charge in [-0.15, -0.1) is 0 Å². The molecule has 186 valence electrons. The van der Waals surface area contributed by atoms with Crippen molar-refractivity contribution in [3.05, 3.63) is 71.0 Å². The van der Waals surface area contributed by atoms with Crippen LogP contribution in [-0.2, 0) is 9.53 Å². The summed E-state index contributed by atoms with van der Waals surface area (Å²) in [5.74, 6) is -0.392. The lowest BCUT2D eigenvalue weighted by Gasteiger charge is -2.18. The Morgan fingerprint density at radius 3 is 2.83 bits per heavy atom. The van der Waals surface area contributed by atoms with Gasteiger partial charge < -0.3 is 9.47 Å². The molecule has 2 saturated heterocycles. The molecule has 2 aromatic carbocycles. The van der Waals surface area contributed by atoms with Crippen LogP contribution >= 0.6 is 24.0 Å². The summed E-state index contributed by atoms with van der Waals surface area (Å²) in [7, 11) is 0. The molecule has 0 saturated carbocycles. The number of aromatic nitrogens is 2. The molecular formula is C27H26FN3O3S2. The summed E-state index contributed by atoms with van der Waals surface area (Å²) in [5, 5.41) is 4.75. The number of thiocarbonyl (C=S) groups is 1. The van der Waals surface area contributed by atoms with Gasteiger partial charge in [-0.05, 0) is 55.7 Å². The number of thioether (sulfide) groups is 1. The van der Waals surface area contributed by atoms with Gasteiger partial charge in [-0.3, -0.25) is 9.69 Å². The molecule has 0 spiro atoms. The van der Waals surface area contributed by atoms with E-state index in [0.717, 1.165) is 31.6 Å². The topological polar surface area (TPSA) is 56.6 Å². The largest absolute Gasteiger partial charge is 0.491 e. The second-order valence-electron chi connectivity index (χ2n) is 8.63. The van der Waals surface area contributed by atoms with Crippen molar-refractivity contribution in [2.45, 2.75) is 32.3 Å². The Morgan fingerprint density at radius 1 is 1.28 bits per heavy atom. The molecule has 5 rings (SSSR count). The van der Waals surface area contributed by atoms with Crippen LogP contribution < -0.4 is 4.74 Å². The molecule has 2 fully saturated rings. The first-order valence-corrected chi connectivity index (χ1v) is 13.2. The molecule has 2 aliphatic heterocycles. The Bertz CT molecular complexity index is 1300. The van der Waals surface area contributed by atoms with Crippen LogP contribution in [0.4, 0.5) is 4.39 Å². The van der Waals surface area contributed by atoms with Gasteiger partial charge in [0.25, 0.3) is 5.91 Å². The summed E-state index contributed by atoms with van der Waals surface area (Å²) < 4.78 is 28.2. The van der Waals surface area contributed by atoms with E-state index in [1.54, 1.807) is 27.8 Å². The predicted molar refractivity (Wildman–Crippen MR) is 144 cm³/mol. The highest BCUT2D eigenvalue weighted by Gasteiger charge is 2.35. The number of amides is 1. The molecule has 9 heteroatoms. The first kappa shape index (κ1) is 24.7. The van der Waals surface area contributed by atoms with Crippen molar-refractivity contribution in [2.75, 3.05) is 19.8 Å². The highest BCUT2D eigenvalue weighted by Crippen LogP contribution is 2.36. The fourth-order valence-corrected chi connectivity index (χ4v) is 5.46. The zero-order valence-corrected chi connectivity index (χ0v) is 21.5. The Morgan fingerprint density at radius 2 is 2.11 bits per heavy atom. The van der Waals surface area contributed by atoms with Crippen LogP contribution in [0.15, 0.2) is 59.6 Å².